The van der Waals surface area contributed by atoms with E-state index in [4.69, 9.17) is 10.8 Å². The molecule has 2 atom stereocenters. The molecular formula is C13H21N5O3. The van der Waals surface area contributed by atoms with Crippen LogP contribution in [0, 0.1) is 0 Å². The molecule has 1 aromatic rings. The van der Waals surface area contributed by atoms with E-state index < -0.39 is 24.3 Å². The van der Waals surface area contributed by atoms with Crippen molar-refractivity contribution >= 4 is 11.9 Å². The van der Waals surface area contributed by atoms with Crippen molar-refractivity contribution in [3.63, 3.8) is 0 Å². The molecule has 0 radical (unpaired) electrons. The van der Waals surface area contributed by atoms with Gasteiger partial charge in [0.25, 0.3) is 0 Å². The van der Waals surface area contributed by atoms with Gasteiger partial charge in [-0.05, 0) is 19.8 Å². The van der Waals surface area contributed by atoms with Crippen LogP contribution in [0.15, 0.2) is 0 Å². The van der Waals surface area contributed by atoms with Gasteiger partial charge in [0, 0.05) is 13.0 Å². The molecule has 0 fully saturated rings. The summed E-state index contributed by atoms with van der Waals surface area (Å²) < 4.78 is 2.04. The van der Waals surface area contributed by atoms with Crippen molar-refractivity contribution in [1.82, 2.24) is 20.1 Å². The summed E-state index contributed by atoms with van der Waals surface area (Å²) in [4.78, 5) is 22.4. The number of nitrogens with zero attached hydrogens (tertiary/aromatic N) is 3. The molecule has 1 aliphatic heterocycles. The molecule has 0 spiro atoms. The lowest BCUT2D eigenvalue weighted by molar-refractivity contribution is -0.139. The molecule has 2 heterocycles. The second kappa shape index (κ2) is 6.66. The highest BCUT2D eigenvalue weighted by atomic mass is 16.4. The fourth-order valence-electron chi connectivity index (χ4n) is 2.49. The molecule has 4 N–H and O–H groups in total. The summed E-state index contributed by atoms with van der Waals surface area (Å²) in [6.45, 7) is 2.65. The molecule has 0 saturated carbocycles. The minimum atomic E-state index is -1.10. The number of hydrogen-bond acceptors (Lipinski definition) is 5. The van der Waals surface area contributed by atoms with Gasteiger partial charge in [0.05, 0.1) is 18.5 Å². The van der Waals surface area contributed by atoms with Crippen molar-refractivity contribution in [2.45, 2.75) is 57.7 Å². The molecule has 2 rings (SSSR count). The number of carboxylic acids is 1. The molecule has 0 bridgehead atoms. The number of nitrogens with two attached hydrogens (primary N) is 1. The smallest absolute Gasteiger partial charge is 0.305 e. The molecule has 8 heteroatoms. The van der Waals surface area contributed by atoms with Gasteiger partial charge >= 0.3 is 5.97 Å². The molecule has 8 nitrogen and oxygen atoms in total. The lowest BCUT2D eigenvalue weighted by Crippen LogP contribution is -2.43. The molecular weight excluding hydrogens is 274 g/mol. The molecule has 0 saturated heterocycles. The summed E-state index contributed by atoms with van der Waals surface area (Å²) in [5, 5.41) is 19.7. The maximum Gasteiger partial charge on any atom is 0.305 e. The van der Waals surface area contributed by atoms with Crippen LogP contribution in [0.5, 0.6) is 0 Å². The Labute approximate surface area is 122 Å². The van der Waals surface area contributed by atoms with Gasteiger partial charge in [-0.25, -0.2) is 0 Å². The number of amides is 1. The van der Waals surface area contributed by atoms with Gasteiger partial charge in [-0.15, -0.1) is 10.2 Å². The fourth-order valence-corrected chi connectivity index (χ4v) is 2.49. The minimum absolute atomic E-state index is 0.350. The van der Waals surface area contributed by atoms with E-state index in [-0.39, 0.29) is 6.04 Å². The Morgan fingerprint density at radius 3 is 2.86 bits per heavy atom. The van der Waals surface area contributed by atoms with E-state index in [0.29, 0.717) is 5.82 Å². The number of carboxylic acid groups (broad SMARTS) is 1. The Bertz CT molecular complexity index is 528. The molecule has 1 aromatic heterocycles. The highest BCUT2D eigenvalue weighted by molar-refractivity contribution is 5.86. The summed E-state index contributed by atoms with van der Waals surface area (Å²) in [7, 11) is 0. The third-order valence-corrected chi connectivity index (χ3v) is 3.62. The zero-order chi connectivity index (χ0) is 15.4. The van der Waals surface area contributed by atoms with Gasteiger partial charge in [0.15, 0.2) is 5.82 Å². The molecule has 21 heavy (non-hydrogen) atoms. The Morgan fingerprint density at radius 2 is 2.14 bits per heavy atom. The first kappa shape index (κ1) is 15.4. The molecule has 0 aromatic carbocycles. The highest BCUT2D eigenvalue weighted by Crippen LogP contribution is 2.18. The average Bonchev–Trinajstić information content (AvgIpc) is 2.67. The van der Waals surface area contributed by atoms with Crippen LogP contribution >= 0.6 is 0 Å². The number of aryl methyl sites for hydroxylation is 1. The predicted octanol–water partition coefficient (Wildman–Crippen LogP) is -0.0163. The fraction of sp³-hybridized carbons (Fsp3) is 0.692. The number of fused-ring (bicyclic) bond motifs is 1. The normalized spacial score (nSPS) is 17.4. The third kappa shape index (κ3) is 3.78. The monoisotopic (exact) mass is 295 g/mol. The quantitative estimate of drug-likeness (QED) is 0.701. The number of aliphatic carboxylic acids is 1. The predicted molar refractivity (Wildman–Crippen MR) is 74.4 cm³/mol. The van der Waals surface area contributed by atoms with Crippen molar-refractivity contribution in [2.75, 3.05) is 0 Å². The molecule has 116 valence electrons. The number of aromatic nitrogens is 3. The van der Waals surface area contributed by atoms with Crippen LogP contribution in [0.4, 0.5) is 0 Å². The van der Waals surface area contributed by atoms with Gasteiger partial charge in [0.1, 0.15) is 5.82 Å². The van der Waals surface area contributed by atoms with Crippen molar-refractivity contribution in [2.24, 2.45) is 5.73 Å². The Hall–Kier alpha value is -1.96. The standard InChI is InChI=1S/C13H21N5O3/c1-8(15-13(21)9(14)7-11(19)20)12-17-16-10-5-3-2-4-6-18(10)12/h8-9H,2-7,14H2,1H3,(H,15,21)(H,19,20). The van der Waals surface area contributed by atoms with Crippen LogP contribution in [0.1, 0.15) is 50.3 Å². The number of nitrogens with one attached hydrogen (secondary N) is 1. The SMILES string of the molecule is CC(NC(=O)C(N)CC(=O)O)c1nnc2n1CCCCC2. The first-order valence-electron chi connectivity index (χ1n) is 7.18. The average molecular weight is 295 g/mol. The summed E-state index contributed by atoms with van der Waals surface area (Å²) in [6.07, 6.45) is 3.83. The highest BCUT2D eigenvalue weighted by Gasteiger charge is 2.23. The first-order valence-corrected chi connectivity index (χ1v) is 7.18. The van der Waals surface area contributed by atoms with Gasteiger partial charge in [-0.2, -0.15) is 0 Å². The number of carbonyl (C=O) groups is 2. The van der Waals surface area contributed by atoms with Crippen molar-refractivity contribution in [3.05, 3.63) is 11.6 Å². The van der Waals surface area contributed by atoms with E-state index in [1.807, 2.05) is 4.57 Å². The zero-order valence-electron chi connectivity index (χ0n) is 12.1. The van der Waals surface area contributed by atoms with Crippen molar-refractivity contribution in [1.29, 1.82) is 0 Å². The molecule has 1 amide bonds. The second-order valence-corrected chi connectivity index (χ2v) is 5.37. The number of hydrogen-bond donors (Lipinski definition) is 3. The van der Waals surface area contributed by atoms with Gasteiger partial charge in [0.2, 0.25) is 5.91 Å². The molecule has 0 aliphatic carbocycles. The number of rotatable bonds is 5. The molecule has 1 aliphatic rings. The van der Waals surface area contributed by atoms with Crippen molar-refractivity contribution < 1.29 is 14.7 Å². The van der Waals surface area contributed by atoms with E-state index >= 15 is 0 Å². The largest absolute Gasteiger partial charge is 0.481 e. The second-order valence-electron chi connectivity index (χ2n) is 5.37. The Morgan fingerprint density at radius 1 is 1.38 bits per heavy atom. The van der Waals surface area contributed by atoms with Crippen LogP contribution in [-0.2, 0) is 22.6 Å². The topological polar surface area (TPSA) is 123 Å². The van der Waals surface area contributed by atoms with Crippen LogP contribution in [0.3, 0.4) is 0 Å². The minimum Gasteiger partial charge on any atom is -0.481 e. The number of carbonyl (C=O) groups excluding carboxylic acids is 1. The lowest BCUT2D eigenvalue weighted by Gasteiger charge is -2.17. The third-order valence-electron chi connectivity index (χ3n) is 3.62. The van der Waals surface area contributed by atoms with Gasteiger partial charge in [-0.1, -0.05) is 6.42 Å². The van der Waals surface area contributed by atoms with Crippen LogP contribution in [-0.4, -0.2) is 37.8 Å². The maximum absolute atomic E-state index is 11.9. The van der Waals surface area contributed by atoms with Crippen LogP contribution < -0.4 is 11.1 Å². The van der Waals surface area contributed by atoms with Crippen LogP contribution in [0.25, 0.3) is 0 Å². The van der Waals surface area contributed by atoms with E-state index in [1.165, 1.54) is 0 Å². The Kier molecular flexibility index (Phi) is 4.89. The van der Waals surface area contributed by atoms with Gasteiger partial charge in [-0.3, -0.25) is 9.59 Å². The summed E-state index contributed by atoms with van der Waals surface area (Å²) in [6, 6.07) is -1.41. The van der Waals surface area contributed by atoms with E-state index in [2.05, 4.69) is 15.5 Å². The van der Waals surface area contributed by atoms with E-state index in [1.54, 1.807) is 6.92 Å². The lowest BCUT2D eigenvalue weighted by atomic mass is 10.2. The van der Waals surface area contributed by atoms with Crippen LogP contribution in [0.2, 0.25) is 0 Å². The zero-order valence-corrected chi connectivity index (χ0v) is 12.1. The first-order chi connectivity index (χ1) is 9.99. The maximum atomic E-state index is 11.9. The summed E-state index contributed by atoms with van der Waals surface area (Å²) in [5.41, 5.74) is 5.55. The summed E-state index contributed by atoms with van der Waals surface area (Å²) in [5.74, 6) is 0.0544. The molecule has 2 unspecified atom stereocenters. The van der Waals surface area contributed by atoms with Crippen molar-refractivity contribution in [3.8, 4) is 0 Å². The van der Waals surface area contributed by atoms with Gasteiger partial charge < -0.3 is 20.7 Å². The Balaban J connectivity index is 2.03. The van der Waals surface area contributed by atoms with E-state index in [9.17, 15) is 9.59 Å². The summed E-state index contributed by atoms with van der Waals surface area (Å²) >= 11 is 0. The van der Waals surface area contributed by atoms with E-state index in [0.717, 1.165) is 38.1 Å².